The number of Topliss-reactive ketones (excluding diaryl/α,β-unsaturated/α-hetero) is 1. The van der Waals surface area contributed by atoms with Crippen LogP contribution in [0.1, 0.15) is 59.7 Å². The number of hydrogen-bond donors (Lipinski definition) is 2. The number of nitrogens with zero attached hydrogens (tertiary/aromatic N) is 7. The third-order valence-corrected chi connectivity index (χ3v) is 11.8. The summed E-state index contributed by atoms with van der Waals surface area (Å²) in [5.41, 5.74) is 2.43. The van der Waals surface area contributed by atoms with Crippen LogP contribution in [0.5, 0.6) is 5.75 Å². The largest absolute Gasteiger partial charge is 0.480 e. The summed E-state index contributed by atoms with van der Waals surface area (Å²) < 4.78 is 7.05. The second-order valence-electron chi connectivity index (χ2n) is 15.2. The van der Waals surface area contributed by atoms with Crippen LogP contribution in [-0.2, 0) is 21.4 Å². The van der Waals surface area contributed by atoms with E-state index < -0.39 is 29.7 Å². The van der Waals surface area contributed by atoms with Crippen molar-refractivity contribution in [2.24, 2.45) is 13.0 Å². The van der Waals surface area contributed by atoms with Gasteiger partial charge in [0.25, 0.3) is 17.4 Å². The number of halogens is 1. The Hall–Kier alpha value is -5.87. The molecule has 8 rings (SSSR count). The SMILES string of the molecule is CCC(=O)COc1cc2cc(Nc3nc(N4CCN(CC5CCN(c6cccc7c6C(=O)N(C6CCC(=O)NC6=O)C7=O)CC5)CC4)ncc3Cl)ccc2n(C)c1=O. The zero-order valence-corrected chi connectivity index (χ0v) is 33.1. The number of anilines is 4. The van der Waals surface area contributed by atoms with Gasteiger partial charge in [-0.25, -0.2) is 4.98 Å². The molecule has 0 radical (unpaired) electrons. The first-order valence-electron chi connectivity index (χ1n) is 19.6. The number of benzene rings is 2. The summed E-state index contributed by atoms with van der Waals surface area (Å²) in [4.78, 5) is 93.0. The molecule has 16 nitrogen and oxygen atoms in total. The Labute approximate surface area is 339 Å². The van der Waals surface area contributed by atoms with Crippen molar-refractivity contribution in [3.8, 4) is 5.75 Å². The summed E-state index contributed by atoms with van der Waals surface area (Å²) in [6.45, 7) is 7.16. The number of aryl methyl sites for hydroxylation is 1. The molecule has 302 valence electrons. The number of rotatable bonds is 11. The predicted molar refractivity (Wildman–Crippen MR) is 217 cm³/mol. The summed E-state index contributed by atoms with van der Waals surface area (Å²) in [6, 6.07) is 11.5. The molecule has 2 aromatic heterocycles. The fraction of sp³-hybridized carbons (Fsp3) is 0.415. The Morgan fingerprint density at radius 1 is 0.948 bits per heavy atom. The number of hydrogen-bond acceptors (Lipinski definition) is 13. The highest BCUT2D eigenvalue weighted by atomic mass is 35.5. The quantitative estimate of drug-likeness (QED) is 0.211. The number of ketones is 1. The van der Waals surface area contributed by atoms with Crippen molar-refractivity contribution < 1.29 is 28.7 Å². The Balaban J connectivity index is 0.859. The lowest BCUT2D eigenvalue weighted by molar-refractivity contribution is -0.136. The van der Waals surface area contributed by atoms with Gasteiger partial charge in [0.2, 0.25) is 17.8 Å². The van der Waals surface area contributed by atoms with E-state index in [0.29, 0.717) is 57.1 Å². The second kappa shape index (κ2) is 16.2. The monoisotopic (exact) mass is 809 g/mol. The van der Waals surface area contributed by atoms with Gasteiger partial charge in [0, 0.05) is 76.8 Å². The first-order chi connectivity index (χ1) is 28.0. The van der Waals surface area contributed by atoms with E-state index in [1.54, 1.807) is 38.4 Å². The highest BCUT2D eigenvalue weighted by Crippen LogP contribution is 2.36. The molecule has 1 unspecified atom stereocenters. The maximum absolute atomic E-state index is 13.6. The van der Waals surface area contributed by atoms with Crippen LogP contribution in [0.15, 0.2) is 53.5 Å². The minimum Gasteiger partial charge on any atom is -0.480 e. The maximum Gasteiger partial charge on any atom is 0.293 e. The van der Waals surface area contributed by atoms with Crippen LogP contribution in [0, 0.1) is 5.92 Å². The van der Waals surface area contributed by atoms with Crippen LogP contribution in [0.2, 0.25) is 5.02 Å². The summed E-state index contributed by atoms with van der Waals surface area (Å²) in [5, 5.41) is 6.66. The minimum absolute atomic E-state index is 0.0790. The van der Waals surface area contributed by atoms with E-state index in [1.807, 2.05) is 24.3 Å². The Morgan fingerprint density at radius 2 is 1.72 bits per heavy atom. The summed E-state index contributed by atoms with van der Waals surface area (Å²) >= 11 is 6.56. The van der Waals surface area contributed by atoms with Crippen molar-refractivity contribution in [3.05, 3.63) is 75.2 Å². The molecule has 2 N–H and O–H groups in total. The first kappa shape index (κ1) is 39.0. The molecule has 0 aliphatic carbocycles. The van der Waals surface area contributed by atoms with E-state index in [4.69, 9.17) is 21.3 Å². The van der Waals surface area contributed by atoms with Gasteiger partial charge < -0.3 is 24.4 Å². The number of amides is 4. The highest BCUT2D eigenvalue weighted by molar-refractivity contribution is 6.33. The standard InChI is InChI=1S/C41H44ClN9O7/c1-3-27(52)23-58-33-20-25-19-26(7-8-30(25)47(2)39(33)56)44-36-29(42)21-43-41(46-36)50-17-15-48(16-18-50)22-24-11-13-49(14-12-24)31-6-4-5-28-35(31)40(57)51(38(28)55)32-9-10-34(53)45-37(32)54/h4-8,19-21,24,32H,3,9-18,22-23H2,1-2H3,(H,43,44,46)(H,45,53,54). The van der Waals surface area contributed by atoms with Gasteiger partial charge >= 0.3 is 0 Å². The van der Waals surface area contributed by atoms with Crippen molar-refractivity contribution in [1.82, 2.24) is 29.7 Å². The Morgan fingerprint density at radius 3 is 2.47 bits per heavy atom. The molecule has 3 fully saturated rings. The van der Waals surface area contributed by atoms with Gasteiger partial charge in [-0.2, -0.15) is 4.98 Å². The number of carbonyl (C=O) groups excluding carboxylic acids is 5. The molecule has 3 saturated heterocycles. The van der Waals surface area contributed by atoms with Crippen LogP contribution >= 0.6 is 11.6 Å². The van der Waals surface area contributed by atoms with E-state index in [2.05, 4.69) is 30.3 Å². The Bertz CT molecular complexity index is 2390. The van der Waals surface area contributed by atoms with Crippen molar-refractivity contribution in [2.75, 3.05) is 67.5 Å². The number of piperazine rings is 1. The smallest absolute Gasteiger partial charge is 0.293 e. The lowest BCUT2D eigenvalue weighted by Gasteiger charge is -2.39. The van der Waals surface area contributed by atoms with Gasteiger partial charge in [-0.15, -0.1) is 0 Å². The number of piperidine rings is 2. The number of pyridine rings is 1. The van der Waals surface area contributed by atoms with Crippen LogP contribution in [0.3, 0.4) is 0 Å². The molecule has 4 aromatic rings. The molecule has 0 bridgehead atoms. The van der Waals surface area contributed by atoms with Gasteiger partial charge in [-0.1, -0.05) is 24.6 Å². The predicted octanol–water partition coefficient (Wildman–Crippen LogP) is 3.52. The normalized spacial score (nSPS) is 19.2. The molecule has 2 aromatic carbocycles. The molecule has 58 heavy (non-hydrogen) atoms. The minimum atomic E-state index is -0.995. The zero-order valence-electron chi connectivity index (χ0n) is 32.3. The van der Waals surface area contributed by atoms with Gasteiger partial charge in [0.1, 0.15) is 17.7 Å². The third-order valence-electron chi connectivity index (χ3n) is 11.5. The molecule has 6 heterocycles. The third kappa shape index (κ3) is 7.61. The van der Waals surface area contributed by atoms with E-state index in [9.17, 15) is 28.8 Å². The van der Waals surface area contributed by atoms with Crippen LogP contribution < -0.4 is 30.7 Å². The molecule has 17 heteroatoms. The van der Waals surface area contributed by atoms with Gasteiger partial charge in [0.15, 0.2) is 17.4 Å². The fourth-order valence-corrected chi connectivity index (χ4v) is 8.38. The highest BCUT2D eigenvalue weighted by Gasteiger charge is 2.46. The van der Waals surface area contributed by atoms with Crippen molar-refractivity contribution in [3.63, 3.8) is 0 Å². The number of ether oxygens (including phenoxy) is 1. The van der Waals surface area contributed by atoms with E-state index in [0.717, 1.165) is 68.9 Å². The van der Waals surface area contributed by atoms with Crippen molar-refractivity contribution in [2.45, 2.75) is 45.1 Å². The number of carbonyl (C=O) groups is 5. The van der Waals surface area contributed by atoms with Crippen molar-refractivity contribution >= 4 is 75.1 Å². The molecule has 4 amide bonds. The molecular weight excluding hydrogens is 766 g/mol. The average Bonchev–Trinajstić information content (AvgIpc) is 3.48. The van der Waals surface area contributed by atoms with Crippen LogP contribution in [-0.4, -0.2) is 112 Å². The summed E-state index contributed by atoms with van der Waals surface area (Å²) in [7, 11) is 1.66. The molecular formula is C41H44ClN9O7. The fourth-order valence-electron chi connectivity index (χ4n) is 8.24. The lowest BCUT2D eigenvalue weighted by Crippen LogP contribution is -2.54. The Kier molecular flexibility index (Phi) is 10.9. The zero-order chi connectivity index (χ0) is 40.7. The molecule has 0 saturated carbocycles. The maximum atomic E-state index is 13.6. The van der Waals surface area contributed by atoms with Crippen molar-refractivity contribution in [1.29, 1.82) is 0 Å². The van der Waals surface area contributed by atoms with E-state index in [1.165, 1.54) is 4.57 Å². The first-order valence-corrected chi connectivity index (χ1v) is 20.0. The molecule has 4 aliphatic rings. The number of aromatic nitrogens is 3. The van der Waals surface area contributed by atoms with E-state index in [-0.39, 0.29) is 36.5 Å². The lowest BCUT2D eigenvalue weighted by atomic mass is 9.94. The number of imide groups is 2. The van der Waals surface area contributed by atoms with E-state index >= 15 is 0 Å². The van der Waals surface area contributed by atoms with Gasteiger partial charge in [-0.3, -0.25) is 43.9 Å². The average molecular weight is 810 g/mol. The van der Waals surface area contributed by atoms with Crippen LogP contribution in [0.25, 0.3) is 10.9 Å². The van der Waals surface area contributed by atoms with Crippen LogP contribution in [0.4, 0.5) is 23.1 Å². The van der Waals surface area contributed by atoms with Gasteiger partial charge in [0.05, 0.1) is 28.5 Å². The molecule has 4 aliphatic heterocycles. The molecule has 0 spiro atoms. The summed E-state index contributed by atoms with van der Waals surface area (Å²) in [6.07, 6.45) is 3.97. The summed E-state index contributed by atoms with van der Waals surface area (Å²) in [5.74, 6) is -0.500. The number of fused-ring (bicyclic) bond motifs is 2. The number of nitrogens with one attached hydrogen (secondary N) is 2. The second-order valence-corrected chi connectivity index (χ2v) is 15.6. The topological polar surface area (TPSA) is 179 Å². The van der Waals surface area contributed by atoms with Gasteiger partial charge in [-0.05, 0) is 61.6 Å². The molecule has 1 atom stereocenters.